The normalized spacial score (nSPS) is 18.6. The second-order valence-electron chi connectivity index (χ2n) is 4.10. The highest BCUT2D eigenvalue weighted by atomic mass is 16.5. The number of rotatable bonds is 7. The van der Waals surface area contributed by atoms with Crippen LogP contribution in [0.2, 0.25) is 0 Å². The van der Waals surface area contributed by atoms with Gasteiger partial charge in [0.25, 0.3) is 0 Å². The van der Waals surface area contributed by atoms with Crippen LogP contribution in [0.5, 0.6) is 0 Å². The predicted molar refractivity (Wildman–Crippen MR) is 58.6 cm³/mol. The molecule has 0 aromatic carbocycles. The van der Waals surface area contributed by atoms with E-state index in [9.17, 15) is 0 Å². The lowest BCUT2D eigenvalue weighted by molar-refractivity contribution is -0.0104. The Morgan fingerprint density at radius 2 is 1.79 bits per heavy atom. The van der Waals surface area contributed by atoms with Crippen molar-refractivity contribution in [3.63, 3.8) is 0 Å². The van der Waals surface area contributed by atoms with Crippen LogP contribution in [0.4, 0.5) is 0 Å². The van der Waals surface area contributed by atoms with Gasteiger partial charge < -0.3 is 9.47 Å². The summed E-state index contributed by atoms with van der Waals surface area (Å²) in [6, 6.07) is 0. The molecular formula is C12H24O2. The zero-order valence-corrected chi connectivity index (χ0v) is 9.46. The van der Waals surface area contributed by atoms with Crippen LogP contribution in [0.25, 0.3) is 0 Å². The largest absolute Gasteiger partial charge is 0.379 e. The molecule has 14 heavy (non-hydrogen) atoms. The smallest absolute Gasteiger partial charge is 0.0704 e. The maximum atomic E-state index is 5.74. The zero-order chi connectivity index (χ0) is 10.1. The first-order chi connectivity index (χ1) is 6.93. The fourth-order valence-corrected chi connectivity index (χ4v) is 1.85. The molecule has 0 spiro atoms. The molecule has 0 atom stereocenters. The highest BCUT2D eigenvalue weighted by Crippen LogP contribution is 2.19. The average Bonchev–Trinajstić information content (AvgIpc) is 2.25. The Labute approximate surface area is 88.0 Å². The van der Waals surface area contributed by atoms with E-state index in [0.717, 1.165) is 19.8 Å². The maximum Gasteiger partial charge on any atom is 0.0704 e. The van der Waals surface area contributed by atoms with Crippen LogP contribution in [0.3, 0.4) is 0 Å². The Kier molecular flexibility index (Phi) is 7.06. The first kappa shape index (κ1) is 12.0. The van der Waals surface area contributed by atoms with Gasteiger partial charge in [-0.3, -0.25) is 0 Å². The van der Waals surface area contributed by atoms with Gasteiger partial charge in [-0.15, -0.1) is 0 Å². The van der Waals surface area contributed by atoms with Crippen LogP contribution in [-0.2, 0) is 9.47 Å². The number of hydrogen-bond acceptors (Lipinski definition) is 2. The third kappa shape index (κ3) is 5.61. The molecule has 1 fully saturated rings. The van der Waals surface area contributed by atoms with Gasteiger partial charge in [-0.2, -0.15) is 0 Å². The van der Waals surface area contributed by atoms with Gasteiger partial charge in [-0.1, -0.05) is 32.6 Å². The van der Waals surface area contributed by atoms with E-state index in [1.807, 2.05) is 0 Å². The standard InChI is InChI=1S/C12H24O2/c1-2-3-9-13-10-11-14-12-7-5-4-6-8-12/h12H,2-11H2,1H3. The molecular weight excluding hydrogens is 176 g/mol. The Morgan fingerprint density at radius 3 is 2.50 bits per heavy atom. The number of hydrogen-bond donors (Lipinski definition) is 0. The Hall–Kier alpha value is -0.0800. The van der Waals surface area contributed by atoms with E-state index in [4.69, 9.17) is 9.47 Å². The van der Waals surface area contributed by atoms with E-state index in [-0.39, 0.29) is 0 Å². The minimum absolute atomic E-state index is 0.526. The Balaban J connectivity index is 1.82. The number of unbranched alkanes of at least 4 members (excludes halogenated alkanes) is 1. The van der Waals surface area contributed by atoms with Gasteiger partial charge in [0.05, 0.1) is 19.3 Å². The van der Waals surface area contributed by atoms with E-state index in [1.165, 1.54) is 44.9 Å². The van der Waals surface area contributed by atoms with E-state index < -0.39 is 0 Å². The molecule has 1 aliphatic carbocycles. The highest BCUT2D eigenvalue weighted by Gasteiger charge is 2.12. The summed E-state index contributed by atoms with van der Waals surface area (Å²) in [5, 5.41) is 0. The van der Waals surface area contributed by atoms with Gasteiger partial charge >= 0.3 is 0 Å². The minimum Gasteiger partial charge on any atom is -0.379 e. The van der Waals surface area contributed by atoms with Crippen LogP contribution >= 0.6 is 0 Å². The number of ether oxygens (including phenoxy) is 2. The van der Waals surface area contributed by atoms with Gasteiger partial charge in [0, 0.05) is 6.61 Å². The van der Waals surface area contributed by atoms with Crippen molar-refractivity contribution in [3.8, 4) is 0 Å². The second kappa shape index (κ2) is 8.25. The summed E-state index contributed by atoms with van der Waals surface area (Å²) in [6.45, 7) is 4.64. The molecule has 0 aliphatic heterocycles. The lowest BCUT2D eigenvalue weighted by Crippen LogP contribution is -2.19. The summed E-state index contributed by atoms with van der Waals surface area (Å²) in [5.41, 5.74) is 0. The molecule has 1 rings (SSSR count). The van der Waals surface area contributed by atoms with Gasteiger partial charge in [0.15, 0.2) is 0 Å². The molecule has 0 heterocycles. The first-order valence-corrected chi connectivity index (χ1v) is 6.13. The van der Waals surface area contributed by atoms with Crippen molar-refractivity contribution in [2.24, 2.45) is 0 Å². The summed E-state index contributed by atoms with van der Waals surface area (Å²) in [7, 11) is 0. The fourth-order valence-electron chi connectivity index (χ4n) is 1.85. The van der Waals surface area contributed by atoms with Crippen molar-refractivity contribution in [2.75, 3.05) is 19.8 Å². The summed E-state index contributed by atoms with van der Waals surface area (Å²) in [4.78, 5) is 0. The van der Waals surface area contributed by atoms with Crippen LogP contribution in [0.1, 0.15) is 51.9 Å². The fraction of sp³-hybridized carbons (Fsp3) is 1.00. The van der Waals surface area contributed by atoms with Crippen molar-refractivity contribution < 1.29 is 9.47 Å². The zero-order valence-electron chi connectivity index (χ0n) is 9.46. The van der Waals surface area contributed by atoms with Gasteiger partial charge in [-0.25, -0.2) is 0 Å². The molecule has 0 amide bonds. The monoisotopic (exact) mass is 200 g/mol. The molecule has 0 radical (unpaired) electrons. The van der Waals surface area contributed by atoms with E-state index in [2.05, 4.69) is 6.92 Å². The molecule has 0 bridgehead atoms. The SMILES string of the molecule is CCCCOCCOC1CCCCC1. The van der Waals surface area contributed by atoms with Crippen LogP contribution < -0.4 is 0 Å². The topological polar surface area (TPSA) is 18.5 Å². The molecule has 1 saturated carbocycles. The third-order valence-corrected chi connectivity index (χ3v) is 2.78. The highest BCUT2D eigenvalue weighted by molar-refractivity contribution is 4.64. The molecule has 0 unspecified atom stereocenters. The lowest BCUT2D eigenvalue weighted by atomic mass is 9.98. The maximum absolute atomic E-state index is 5.74. The summed E-state index contributed by atoms with van der Waals surface area (Å²) >= 11 is 0. The van der Waals surface area contributed by atoms with Gasteiger partial charge in [-0.05, 0) is 19.3 Å². The first-order valence-electron chi connectivity index (χ1n) is 6.13. The molecule has 0 N–H and O–H groups in total. The molecule has 2 nitrogen and oxygen atoms in total. The third-order valence-electron chi connectivity index (χ3n) is 2.78. The lowest BCUT2D eigenvalue weighted by Gasteiger charge is -2.21. The van der Waals surface area contributed by atoms with E-state index in [0.29, 0.717) is 6.10 Å². The molecule has 0 saturated heterocycles. The minimum atomic E-state index is 0.526. The Bertz CT molecular complexity index is 119. The van der Waals surface area contributed by atoms with Gasteiger partial charge in [0.1, 0.15) is 0 Å². The van der Waals surface area contributed by atoms with Crippen molar-refractivity contribution in [1.82, 2.24) is 0 Å². The average molecular weight is 200 g/mol. The summed E-state index contributed by atoms with van der Waals surface area (Å²) in [6.07, 6.45) is 9.52. The van der Waals surface area contributed by atoms with Crippen LogP contribution in [0.15, 0.2) is 0 Å². The summed E-state index contributed by atoms with van der Waals surface area (Å²) in [5.74, 6) is 0. The van der Waals surface area contributed by atoms with E-state index in [1.54, 1.807) is 0 Å². The molecule has 1 aliphatic rings. The van der Waals surface area contributed by atoms with Crippen molar-refractivity contribution in [2.45, 2.75) is 58.0 Å². The quantitative estimate of drug-likeness (QED) is 0.588. The van der Waals surface area contributed by atoms with Crippen LogP contribution in [-0.4, -0.2) is 25.9 Å². The molecule has 0 aromatic heterocycles. The van der Waals surface area contributed by atoms with Crippen molar-refractivity contribution >= 4 is 0 Å². The molecule has 2 heteroatoms. The van der Waals surface area contributed by atoms with Gasteiger partial charge in [0.2, 0.25) is 0 Å². The van der Waals surface area contributed by atoms with E-state index >= 15 is 0 Å². The Morgan fingerprint density at radius 1 is 1.00 bits per heavy atom. The summed E-state index contributed by atoms with van der Waals surface area (Å²) < 4.78 is 11.2. The molecule has 84 valence electrons. The second-order valence-corrected chi connectivity index (χ2v) is 4.10. The molecule has 0 aromatic rings. The van der Waals surface area contributed by atoms with Crippen molar-refractivity contribution in [1.29, 1.82) is 0 Å². The predicted octanol–water partition coefficient (Wildman–Crippen LogP) is 3.15. The van der Waals surface area contributed by atoms with Crippen molar-refractivity contribution in [3.05, 3.63) is 0 Å². The van der Waals surface area contributed by atoms with Crippen LogP contribution in [0, 0.1) is 0 Å².